The van der Waals surface area contributed by atoms with Crippen molar-refractivity contribution in [2.24, 2.45) is 0 Å². The Morgan fingerprint density at radius 3 is 1.43 bits per heavy atom. The Morgan fingerprint density at radius 2 is 1.05 bits per heavy atom. The molecular weight excluding hydrogens is 494 g/mol. The Balaban J connectivity index is 0.000000473. The molecule has 0 amide bonds. The van der Waals surface area contributed by atoms with Crippen molar-refractivity contribution < 1.29 is 19.5 Å². The monoisotopic (exact) mass is 555 g/mol. The van der Waals surface area contributed by atoms with Gasteiger partial charge < -0.3 is 14.7 Å². The molecule has 4 nitrogen and oxygen atoms in total. The van der Waals surface area contributed by atoms with E-state index < -0.39 is 11.7 Å². The highest BCUT2D eigenvalue weighted by Gasteiger charge is 2.22. The number of rotatable bonds is 21. The van der Waals surface area contributed by atoms with Crippen LogP contribution >= 0.6 is 0 Å². The fourth-order valence-corrected chi connectivity index (χ4v) is 5.51. The van der Waals surface area contributed by atoms with Crippen molar-refractivity contribution in [2.75, 3.05) is 21.1 Å². The van der Waals surface area contributed by atoms with E-state index in [9.17, 15) is 9.90 Å². The number of nitrogens with zero attached hydrogens (tertiary/aromatic N) is 1. The molecule has 0 aromatic heterocycles. The summed E-state index contributed by atoms with van der Waals surface area (Å²) in [7, 11) is 7.21. The van der Waals surface area contributed by atoms with E-state index in [4.69, 9.17) is 5.11 Å². The van der Waals surface area contributed by atoms with Crippen LogP contribution in [0.5, 0.6) is 5.75 Å². The van der Waals surface area contributed by atoms with Crippen molar-refractivity contribution in [3.05, 3.63) is 42.0 Å². The SMILES string of the molecule is CCCCCCCCCCCCC(CCCCCCCCC)[N+](C)(C)C.O=C(O)c1cc2ccccc2cc1[O-]. The van der Waals surface area contributed by atoms with Gasteiger partial charge in [-0.2, -0.15) is 0 Å². The summed E-state index contributed by atoms with van der Waals surface area (Å²) in [5.74, 6) is -1.63. The maximum Gasteiger partial charge on any atom is 0.335 e. The van der Waals surface area contributed by atoms with Gasteiger partial charge in [0.1, 0.15) is 0 Å². The van der Waals surface area contributed by atoms with Crippen molar-refractivity contribution in [1.82, 2.24) is 0 Å². The first kappa shape index (κ1) is 36.0. The number of aromatic carboxylic acids is 1. The van der Waals surface area contributed by atoms with E-state index in [1.807, 2.05) is 6.07 Å². The highest BCUT2D eigenvalue weighted by molar-refractivity contribution is 5.97. The molecule has 2 aromatic rings. The summed E-state index contributed by atoms with van der Waals surface area (Å²) in [5, 5.41) is 21.6. The fourth-order valence-electron chi connectivity index (χ4n) is 5.51. The molecule has 40 heavy (non-hydrogen) atoms. The molecule has 0 saturated heterocycles. The molecular formula is C36H61NO3. The number of fused-ring (bicyclic) bond motifs is 1. The van der Waals surface area contributed by atoms with Gasteiger partial charge in [0.2, 0.25) is 0 Å². The summed E-state index contributed by atoms with van der Waals surface area (Å²) in [4.78, 5) is 10.7. The van der Waals surface area contributed by atoms with Gasteiger partial charge in [0.05, 0.1) is 32.7 Å². The maximum absolute atomic E-state index is 11.3. The summed E-state index contributed by atoms with van der Waals surface area (Å²) in [6, 6.07) is 10.8. The van der Waals surface area contributed by atoms with Crippen LogP contribution in [0.25, 0.3) is 10.8 Å². The minimum Gasteiger partial charge on any atom is -0.872 e. The molecule has 0 fully saturated rings. The molecule has 0 aliphatic heterocycles. The second-order valence-corrected chi connectivity index (χ2v) is 12.7. The van der Waals surface area contributed by atoms with Gasteiger partial charge in [0.15, 0.2) is 0 Å². The van der Waals surface area contributed by atoms with Crippen LogP contribution < -0.4 is 5.11 Å². The Kier molecular flexibility index (Phi) is 19.5. The molecule has 0 radical (unpaired) electrons. The number of benzene rings is 2. The number of carboxylic acid groups (broad SMARTS) is 1. The molecule has 0 aliphatic carbocycles. The van der Waals surface area contributed by atoms with Crippen molar-refractivity contribution in [3.8, 4) is 5.75 Å². The van der Waals surface area contributed by atoms with Gasteiger partial charge in [-0.3, -0.25) is 0 Å². The molecule has 228 valence electrons. The second kappa shape index (κ2) is 21.6. The van der Waals surface area contributed by atoms with Crippen LogP contribution in [0.4, 0.5) is 0 Å². The summed E-state index contributed by atoms with van der Waals surface area (Å²) in [6.07, 6.45) is 27.5. The van der Waals surface area contributed by atoms with Gasteiger partial charge >= 0.3 is 5.97 Å². The molecule has 2 aromatic carbocycles. The number of quaternary nitrogens is 1. The Hall–Kier alpha value is -2.07. The summed E-state index contributed by atoms with van der Waals surface area (Å²) in [6.45, 7) is 4.61. The van der Waals surface area contributed by atoms with Crippen LogP contribution in [0.3, 0.4) is 0 Å². The highest BCUT2D eigenvalue weighted by atomic mass is 16.4. The zero-order valence-corrected chi connectivity index (χ0v) is 26.7. The van der Waals surface area contributed by atoms with Crippen molar-refractivity contribution in [1.29, 1.82) is 0 Å². The van der Waals surface area contributed by atoms with Crippen LogP contribution in [0, 0.1) is 0 Å². The van der Waals surface area contributed by atoms with Crippen LogP contribution in [0.1, 0.15) is 146 Å². The highest BCUT2D eigenvalue weighted by Crippen LogP contribution is 2.23. The predicted molar refractivity (Wildman–Crippen MR) is 171 cm³/mol. The minimum absolute atomic E-state index is 0.177. The molecule has 1 N–H and O–H groups in total. The predicted octanol–water partition coefficient (Wildman–Crippen LogP) is 10.1. The van der Waals surface area contributed by atoms with E-state index in [0.29, 0.717) is 0 Å². The molecule has 0 heterocycles. The lowest BCUT2D eigenvalue weighted by atomic mass is 9.98. The van der Waals surface area contributed by atoms with Crippen molar-refractivity contribution >= 4 is 16.7 Å². The van der Waals surface area contributed by atoms with Crippen LogP contribution in [0.15, 0.2) is 36.4 Å². The van der Waals surface area contributed by atoms with Crippen molar-refractivity contribution in [3.63, 3.8) is 0 Å². The third-order valence-electron chi connectivity index (χ3n) is 8.21. The molecule has 0 spiro atoms. The molecule has 1 atom stereocenters. The van der Waals surface area contributed by atoms with Gasteiger partial charge in [-0.25, -0.2) is 4.79 Å². The summed E-state index contributed by atoms with van der Waals surface area (Å²) < 4.78 is 1.16. The Labute approximate surface area is 246 Å². The maximum atomic E-state index is 11.3. The zero-order valence-electron chi connectivity index (χ0n) is 26.7. The zero-order chi connectivity index (χ0) is 29.6. The first-order chi connectivity index (χ1) is 19.2. The van der Waals surface area contributed by atoms with Crippen LogP contribution in [-0.2, 0) is 0 Å². The fraction of sp³-hybridized carbons (Fsp3) is 0.694. The van der Waals surface area contributed by atoms with E-state index in [1.54, 1.807) is 18.2 Å². The quantitative estimate of drug-likeness (QED) is 0.123. The lowest BCUT2D eigenvalue weighted by Gasteiger charge is -2.34. The topological polar surface area (TPSA) is 60.4 Å². The number of hydrogen-bond acceptors (Lipinski definition) is 2. The largest absolute Gasteiger partial charge is 0.872 e. The van der Waals surface area contributed by atoms with E-state index in [1.165, 1.54) is 134 Å². The van der Waals surface area contributed by atoms with Gasteiger partial charge in [-0.05, 0) is 42.5 Å². The van der Waals surface area contributed by atoms with Gasteiger partial charge in [-0.1, -0.05) is 146 Å². The third-order valence-corrected chi connectivity index (χ3v) is 8.21. The standard InChI is InChI=1S/C25H54N.C11H8O3/c1-6-8-10-12-14-15-16-18-20-22-24-25(26(3,4)5)23-21-19-17-13-11-9-7-2;12-10-6-8-4-2-1-3-7(8)5-9(10)11(13)14/h25H,6-24H2,1-5H3;1-6,12H,(H,13,14)/q+1;/p-1. The van der Waals surface area contributed by atoms with Gasteiger partial charge in [0, 0.05) is 0 Å². The smallest absolute Gasteiger partial charge is 0.335 e. The molecule has 4 heteroatoms. The normalized spacial score (nSPS) is 12.2. The first-order valence-electron chi connectivity index (χ1n) is 16.4. The van der Waals surface area contributed by atoms with Crippen LogP contribution in [-0.4, -0.2) is 42.7 Å². The molecule has 0 bridgehead atoms. The van der Waals surface area contributed by atoms with Crippen LogP contribution in [0.2, 0.25) is 0 Å². The third kappa shape index (κ3) is 16.3. The molecule has 0 aliphatic rings. The lowest BCUT2D eigenvalue weighted by molar-refractivity contribution is -0.896. The van der Waals surface area contributed by atoms with Crippen molar-refractivity contribution in [2.45, 2.75) is 142 Å². The lowest BCUT2D eigenvalue weighted by Crippen LogP contribution is -2.45. The van der Waals surface area contributed by atoms with Gasteiger partial charge in [0.25, 0.3) is 0 Å². The Morgan fingerprint density at radius 1 is 0.675 bits per heavy atom. The number of unbranched alkanes of at least 4 members (excludes halogenated alkanes) is 15. The molecule has 0 saturated carbocycles. The Bertz CT molecular complexity index is 918. The van der Waals surface area contributed by atoms with E-state index in [0.717, 1.165) is 21.3 Å². The second-order valence-electron chi connectivity index (χ2n) is 12.7. The average molecular weight is 556 g/mol. The average Bonchev–Trinajstić information content (AvgIpc) is 2.91. The van der Waals surface area contributed by atoms with Gasteiger partial charge in [-0.15, -0.1) is 0 Å². The number of carboxylic acids is 1. The summed E-state index contributed by atoms with van der Waals surface area (Å²) in [5.41, 5.74) is -0.177. The van der Waals surface area contributed by atoms with E-state index in [-0.39, 0.29) is 5.56 Å². The molecule has 2 rings (SSSR count). The minimum atomic E-state index is -1.18. The van der Waals surface area contributed by atoms with E-state index >= 15 is 0 Å². The first-order valence-corrected chi connectivity index (χ1v) is 16.4. The molecule has 1 unspecified atom stereocenters. The summed E-state index contributed by atoms with van der Waals surface area (Å²) >= 11 is 0. The number of hydrogen-bond donors (Lipinski definition) is 1. The number of carbonyl (C=O) groups is 1. The van der Waals surface area contributed by atoms with E-state index in [2.05, 4.69) is 35.0 Å².